The van der Waals surface area contributed by atoms with Gasteiger partial charge in [-0.3, -0.25) is 9.59 Å². The van der Waals surface area contributed by atoms with Crippen LogP contribution in [0.15, 0.2) is 24.3 Å². The number of para-hydroxylation sites is 1. The van der Waals surface area contributed by atoms with E-state index in [-0.39, 0.29) is 17.5 Å². The van der Waals surface area contributed by atoms with Gasteiger partial charge in [0, 0.05) is 26.2 Å². The lowest BCUT2D eigenvalue weighted by molar-refractivity contribution is -0.143. The molecule has 23 heavy (non-hydrogen) atoms. The van der Waals surface area contributed by atoms with Crippen LogP contribution >= 0.6 is 0 Å². The number of hydrogen-bond acceptors (Lipinski definition) is 3. The fourth-order valence-electron chi connectivity index (χ4n) is 3.04. The first kappa shape index (κ1) is 15.9. The Balaban J connectivity index is 1.66. The summed E-state index contributed by atoms with van der Waals surface area (Å²) in [5, 5.41) is 2.58. The summed E-state index contributed by atoms with van der Waals surface area (Å²) < 4.78 is 13.7. The van der Waals surface area contributed by atoms with Gasteiger partial charge in [-0.05, 0) is 31.5 Å². The van der Waals surface area contributed by atoms with Crippen LogP contribution in [0, 0.1) is 11.2 Å². The molecule has 1 aromatic rings. The highest BCUT2D eigenvalue weighted by atomic mass is 19.1. The molecule has 1 aliphatic heterocycles. The number of halogens is 1. The molecule has 3 rings (SSSR count). The van der Waals surface area contributed by atoms with Gasteiger partial charge < -0.3 is 15.1 Å². The number of piperazine rings is 1. The average Bonchev–Trinajstić information content (AvgIpc) is 3.38. The van der Waals surface area contributed by atoms with Crippen LogP contribution < -0.4 is 5.32 Å². The zero-order valence-electron chi connectivity index (χ0n) is 13.3. The Morgan fingerprint density at radius 3 is 2.39 bits per heavy atom. The molecular formula is C17H22FN3O2. The van der Waals surface area contributed by atoms with Crippen molar-refractivity contribution in [3.8, 4) is 0 Å². The van der Waals surface area contributed by atoms with E-state index in [4.69, 9.17) is 0 Å². The van der Waals surface area contributed by atoms with Crippen LogP contribution in [0.5, 0.6) is 0 Å². The van der Waals surface area contributed by atoms with Crippen LogP contribution in [0.1, 0.15) is 19.8 Å². The second-order valence-corrected chi connectivity index (χ2v) is 6.24. The normalized spacial score (nSPS) is 20.2. The van der Waals surface area contributed by atoms with Gasteiger partial charge in [-0.15, -0.1) is 0 Å². The summed E-state index contributed by atoms with van der Waals surface area (Å²) in [5.41, 5.74) is -0.858. The molecule has 1 saturated carbocycles. The summed E-state index contributed by atoms with van der Waals surface area (Å²) in [6.07, 6.45) is 1.08. The Morgan fingerprint density at radius 2 is 1.83 bits per heavy atom. The van der Waals surface area contributed by atoms with Crippen molar-refractivity contribution in [2.24, 2.45) is 5.41 Å². The number of nitrogens with zero attached hydrogens (tertiary/aromatic N) is 2. The summed E-state index contributed by atoms with van der Waals surface area (Å²) in [5.74, 6) is -0.978. The number of hydrogen-bond donors (Lipinski definition) is 1. The lowest BCUT2D eigenvalue weighted by Gasteiger charge is -2.35. The highest BCUT2D eigenvalue weighted by Crippen LogP contribution is 2.48. The van der Waals surface area contributed by atoms with Crippen LogP contribution in [0.3, 0.4) is 0 Å². The highest BCUT2D eigenvalue weighted by Gasteiger charge is 2.58. The first-order valence-electron chi connectivity index (χ1n) is 8.14. The molecule has 2 aliphatic rings. The molecule has 0 bridgehead atoms. The Bertz CT molecular complexity index is 608. The van der Waals surface area contributed by atoms with E-state index in [1.165, 1.54) is 12.1 Å². The Labute approximate surface area is 135 Å². The molecule has 2 fully saturated rings. The molecule has 1 N–H and O–H groups in total. The van der Waals surface area contributed by atoms with E-state index in [1.54, 1.807) is 17.0 Å². The van der Waals surface area contributed by atoms with Gasteiger partial charge >= 0.3 is 0 Å². The number of amides is 2. The third kappa shape index (κ3) is 3.08. The number of nitrogens with one attached hydrogen (secondary N) is 1. The number of likely N-dealkylation sites (N-methyl/N-ethyl adjacent to an activating group) is 1. The van der Waals surface area contributed by atoms with E-state index in [1.807, 2.05) is 0 Å². The Kier molecular flexibility index (Phi) is 4.35. The third-order valence-corrected chi connectivity index (χ3v) is 4.82. The molecule has 0 atom stereocenters. The van der Waals surface area contributed by atoms with Crippen molar-refractivity contribution in [3.05, 3.63) is 30.1 Å². The van der Waals surface area contributed by atoms with Gasteiger partial charge in [-0.2, -0.15) is 0 Å². The minimum absolute atomic E-state index is 0.109. The smallest absolute Gasteiger partial charge is 0.240 e. The summed E-state index contributed by atoms with van der Waals surface area (Å²) in [6.45, 7) is 6.06. The quantitative estimate of drug-likeness (QED) is 0.860. The van der Waals surface area contributed by atoms with Crippen LogP contribution in [0.2, 0.25) is 0 Å². The van der Waals surface area contributed by atoms with E-state index >= 15 is 0 Å². The largest absolute Gasteiger partial charge is 0.339 e. The maximum absolute atomic E-state index is 13.7. The van der Waals surface area contributed by atoms with E-state index in [2.05, 4.69) is 17.1 Å². The molecule has 124 valence electrons. The van der Waals surface area contributed by atoms with Gasteiger partial charge in [-0.25, -0.2) is 4.39 Å². The predicted octanol–water partition coefficient (Wildman–Crippen LogP) is 1.71. The molecule has 0 radical (unpaired) electrons. The number of benzene rings is 1. The lowest BCUT2D eigenvalue weighted by Crippen LogP contribution is -2.52. The molecule has 0 spiro atoms. The average molecular weight is 319 g/mol. The molecule has 2 amide bonds. The molecule has 1 heterocycles. The zero-order chi connectivity index (χ0) is 16.4. The minimum atomic E-state index is -0.989. The van der Waals surface area contributed by atoms with Crippen molar-refractivity contribution in [2.75, 3.05) is 38.0 Å². The number of carbonyl (C=O) groups is 2. The fourth-order valence-corrected chi connectivity index (χ4v) is 3.04. The van der Waals surface area contributed by atoms with Crippen molar-refractivity contribution < 1.29 is 14.0 Å². The first-order chi connectivity index (χ1) is 11.1. The van der Waals surface area contributed by atoms with Crippen molar-refractivity contribution >= 4 is 17.5 Å². The standard InChI is InChI=1S/C17H22FN3O2/c1-2-20-9-11-21(12-10-20)16(23)17(7-8-17)15(22)19-14-6-4-3-5-13(14)18/h3-6H,2,7-12H2,1H3,(H,19,22). The maximum atomic E-state index is 13.7. The fraction of sp³-hybridized carbons (Fsp3) is 0.529. The molecule has 1 aliphatic carbocycles. The van der Waals surface area contributed by atoms with Crippen molar-refractivity contribution in [2.45, 2.75) is 19.8 Å². The summed E-state index contributed by atoms with van der Waals surface area (Å²) in [4.78, 5) is 29.3. The molecule has 1 saturated heterocycles. The maximum Gasteiger partial charge on any atom is 0.240 e. The molecule has 6 heteroatoms. The molecule has 5 nitrogen and oxygen atoms in total. The molecular weight excluding hydrogens is 297 g/mol. The van der Waals surface area contributed by atoms with Gasteiger partial charge in [0.1, 0.15) is 11.2 Å². The van der Waals surface area contributed by atoms with E-state index < -0.39 is 11.2 Å². The molecule has 0 aromatic heterocycles. The SMILES string of the molecule is CCN1CCN(C(=O)C2(C(=O)Nc3ccccc3F)CC2)CC1. The van der Waals surface area contributed by atoms with E-state index in [9.17, 15) is 14.0 Å². The lowest BCUT2D eigenvalue weighted by atomic mass is 10.0. The van der Waals surface area contributed by atoms with E-state index in [0.717, 1.165) is 19.6 Å². The summed E-state index contributed by atoms with van der Waals surface area (Å²) >= 11 is 0. The van der Waals surface area contributed by atoms with Crippen molar-refractivity contribution in [1.29, 1.82) is 0 Å². The molecule has 0 unspecified atom stereocenters. The Morgan fingerprint density at radius 1 is 1.17 bits per heavy atom. The molecule has 1 aromatic carbocycles. The second kappa shape index (κ2) is 6.28. The number of anilines is 1. The van der Waals surface area contributed by atoms with Gasteiger partial charge in [0.05, 0.1) is 5.69 Å². The number of carbonyl (C=O) groups excluding carboxylic acids is 2. The minimum Gasteiger partial charge on any atom is -0.339 e. The van der Waals surface area contributed by atoms with Gasteiger partial charge in [0.2, 0.25) is 11.8 Å². The van der Waals surface area contributed by atoms with Gasteiger partial charge in [-0.1, -0.05) is 19.1 Å². The second-order valence-electron chi connectivity index (χ2n) is 6.24. The number of rotatable bonds is 4. The van der Waals surface area contributed by atoms with Gasteiger partial charge in [0.15, 0.2) is 0 Å². The van der Waals surface area contributed by atoms with Crippen LogP contribution in [-0.4, -0.2) is 54.3 Å². The van der Waals surface area contributed by atoms with Crippen LogP contribution in [-0.2, 0) is 9.59 Å². The zero-order valence-corrected chi connectivity index (χ0v) is 13.3. The third-order valence-electron chi connectivity index (χ3n) is 4.82. The van der Waals surface area contributed by atoms with E-state index in [0.29, 0.717) is 25.9 Å². The van der Waals surface area contributed by atoms with Crippen LogP contribution in [0.25, 0.3) is 0 Å². The summed E-state index contributed by atoms with van der Waals surface area (Å²) in [7, 11) is 0. The first-order valence-corrected chi connectivity index (χ1v) is 8.14. The predicted molar refractivity (Wildman–Crippen MR) is 85.4 cm³/mol. The summed E-state index contributed by atoms with van der Waals surface area (Å²) in [6, 6.07) is 6.02. The monoisotopic (exact) mass is 319 g/mol. The van der Waals surface area contributed by atoms with Crippen molar-refractivity contribution in [3.63, 3.8) is 0 Å². The van der Waals surface area contributed by atoms with Crippen LogP contribution in [0.4, 0.5) is 10.1 Å². The van der Waals surface area contributed by atoms with Gasteiger partial charge in [0.25, 0.3) is 0 Å². The highest BCUT2D eigenvalue weighted by molar-refractivity contribution is 6.13. The Hall–Kier alpha value is -1.95. The topological polar surface area (TPSA) is 52.7 Å². The van der Waals surface area contributed by atoms with Crippen molar-refractivity contribution in [1.82, 2.24) is 9.80 Å².